The Morgan fingerprint density at radius 3 is 1.23 bits per heavy atom. The lowest BCUT2D eigenvalue weighted by molar-refractivity contribution is -0.140. The maximum atomic E-state index is 11.9. The Hall–Kier alpha value is -0.880. The molecule has 0 radical (unpaired) electrons. The molecule has 10 heteroatoms. The molecule has 2 aromatic rings. The first kappa shape index (κ1) is 21.4. The summed E-state index contributed by atoms with van der Waals surface area (Å²) in [5.41, 5.74) is 0. The molecule has 4 nitrogen and oxygen atoms in total. The van der Waals surface area contributed by atoms with Crippen LogP contribution in [0.1, 0.15) is 12.8 Å². The largest absolute Gasteiger partial charge is 0.425 e. The highest BCUT2D eigenvalue weighted by molar-refractivity contribution is 6.44. The van der Waals surface area contributed by atoms with Crippen LogP contribution in [-0.4, -0.2) is 11.9 Å². The van der Waals surface area contributed by atoms with Gasteiger partial charge >= 0.3 is 11.9 Å². The number of esters is 2. The van der Waals surface area contributed by atoms with E-state index in [1.54, 1.807) is 0 Å². The number of hydrogen-bond donors (Lipinski definition) is 0. The number of carbonyl (C=O) groups excluding carboxylic acids is 2. The van der Waals surface area contributed by atoms with E-state index in [1.807, 2.05) is 0 Å². The van der Waals surface area contributed by atoms with Crippen molar-refractivity contribution in [3.63, 3.8) is 0 Å². The summed E-state index contributed by atoms with van der Waals surface area (Å²) in [6.07, 6.45) is -0.511. The Kier molecular flexibility index (Phi) is 7.71. The smallest absolute Gasteiger partial charge is 0.311 e. The average molecular weight is 477 g/mol. The van der Waals surface area contributed by atoms with E-state index >= 15 is 0 Å². The third kappa shape index (κ3) is 5.81. The molecule has 2 aromatic carbocycles. The Morgan fingerprint density at radius 1 is 0.577 bits per heavy atom. The SMILES string of the molecule is O=C(CCC(=O)Oc1cc(Cl)c(Cl)cc1Cl)Oc1cc(Cl)c(Cl)cc1Cl. The van der Waals surface area contributed by atoms with Crippen molar-refractivity contribution in [2.24, 2.45) is 0 Å². The van der Waals surface area contributed by atoms with Crippen LogP contribution in [0, 0.1) is 0 Å². The van der Waals surface area contributed by atoms with E-state index in [4.69, 9.17) is 79.1 Å². The molecular weight excluding hydrogens is 469 g/mol. The van der Waals surface area contributed by atoms with Gasteiger partial charge in [-0.2, -0.15) is 0 Å². The molecule has 0 atom stereocenters. The van der Waals surface area contributed by atoms with Crippen LogP contribution in [0.4, 0.5) is 0 Å². The van der Waals surface area contributed by atoms with Gasteiger partial charge in [0.05, 0.1) is 43.0 Å². The maximum absolute atomic E-state index is 11.9. The van der Waals surface area contributed by atoms with Crippen molar-refractivity contribution >= 4 is 81.5 Å². The topological polar surface area (TPSA) is 52.6 Å². The second-order valence-electron chi connectivity index (χ2n) is 4.84. The van der Waals surface area contributed by atoms with Gasteiger partial charge in [0, 0.05) is 12.1 Å². The van der Waals surface area contributed by atoms with Gasteiger partial charge in [0.1, 0.15) is 0 Å². The second-order valence-corrected chi connectivity index (χ2v) is 7.28. The summed E-state index contributed by atoms with van der Waals surface area (Å²) in [5, 5.41) is 1.01. The average Bonchev–Trinajstić information content (AvgIpc) is 2.55. The normalized spacial score (nSPS) is 10.5. The molecule has 0 amide bonds. The van der Waals surface area contributed by atoms with Crippen LogP contribution < -0.4 is 9.47 Å². The first-order valence-corrected chi connectivity index (χ1v) is 9.14. The molecule has 0 fully saturated rings. The van der Waals surface area contributed by atoms with Gasteiger partial charge in [0.25, 0.3) is 0 Å². The van der Waals surface area contributed by atoms with Crippen LogP contribution in [0.25, 0.3) is 0 Å². The van der Waals surface area contributed by atoms with Crippen molar-refractivity contribution in [3.8, 4) is 11.5 Å². The summed E-state index contributed by atoms with van der Waals surface area (Å²) in [6, 6.07) is 5.29. The minimum Gasteiger partial charge on any atom is -0.425 e. The summed E-state index contributed by atoms with van der Waals surface area (Å²) in [5.74, 6) is -1.34. The molecule has 0 aliphatic heterocycles. The zero-order valence-corrected chi connectivity index (χ0v) is 17.2. The molecule has 0 spiro atoms. The lowest BCUT2D eigenvalue weighted by Crippen LogP contribution is -2.14. The van der Waals surface area contributed by atoms with Gasteiger partial charge in [-0.25, -0.2) is 0 Å². The molecule has 0 aromatic heterocycles. The van der Waals surface area contributed by atoms with Crippen molar-refractivity contribution in [2.75, 3.05) is 0 Å². The number of halogens is 6. The molecule has 0 heterocycles. The van der Waals surface area contributed by atoms with Crippen LogP contribution in [0.3, 0.4) is 0 Å². The van der Waals surface area contributed by atoms with Gasteiger partial charge < -0.3 is 9.47 Å². The highest BCUT2D eigenvalue weighted by Gasteiger charge is 2.16. The lowest BCUT2D eigenvalue weighted by atomic mass is 10.3. The monoisotopic (exact) mass is 474 g/mol. The predicted molar refractivity (Wildman–Crippen MR) is 103 cm³/mol. The van der Waals surface area contributed by atoms with E-state index < -0.39 is 11.9 Å². The van der Waals surface area contributed by atoms with Crippen LogP contribution in [0.5, 0.6) is 11.5 Å². The van der Waals surface area contributed by atoms with E-state index in [2.05, 4.69) is 0 Å². The number of rotatable bonds is 5. The predicted octanol–water partition coefficient (Wildman–Crippen LogP) is 6.90. The highest BCUT2D eigenvalue weighted by atomic mass is 35.5. The molecule has 0 N–H and O–H groups in total. The summed E-state index contributed by atoms with van der Waals surface area (Å²) in [6.45, 7) is 0. The van der Waals surface area contributed by atoms with Crippen molar-refractivity contribution in [2.45, 2.75) is 12.8 Å². The van der Waals surface area contributed by atoms with Crippen molar-refractivity contribution in [3.05, 3.63) is 54.4 Å². The minimum atomic E-state index is -0.706. The number of hydrogen-bond acceptors (Lipinski definition) is 4. The summed E-state index contributed by atoms with van der Waals surface area (Å²) >= 11 is 35.1. The standard InChI is InChI=1S/C16H8Cl6O4/c17-7-3-11(21)13(5-9(7)19)25-15(23)1-2-16(24)26-14-6-10(20)8(18)4-12(14)22/h3-6H,1-2H2. The second kappa shape index (κ2) is 9.36. The van der Waals surface area contributed by atoms with Gasteiger partial charge in [0.2, 0.25) is 0 Å². The van der Waals surface area contributed by atoms with Gasteiger partial charge in [-0.05, 0) is 12.1 Å². The minimum absolute atomic E-state index is 0.0342. The molecule has 0 saturated carbocycles. The Morgan fingerprint density at radius 2 is 0.885 bits per heavy atom. The maximum Gasteiger partial charge on any atom is 0.311 e. The molecule has 0 bridgehead atoms. The van der Waals surface area contributed by atoms with Crippen LogP contribution in [-0.2, 0) is 9.59 Å². The van der Waals surface area contributed by atoms with E-state index in [1.165, 1.54) is 24.3 Å². The third-order valence-corrected chi connectivity index (χ3v) is 4.97. The van der Waals surface area contributed by atoms with Crippen LogP contribution in [0.15, 0.2) is 24.3 Å². The van der Waals surface area contributed by atoms with Gasteiger partial charge in [-0.1, -0.05) is 69.6 Å². The van der Waals surface area contributed by atoms with Crippen LogP contribution >= 0.6 is 69.6 Å². The first-order valence-electron chi connectivity index (χ1n) is 6.88. The first-order chi connectivity index (χ1) is 12.2. The highest BCUT2D eigenvalue weighted by Crippen LogP contribution is 2.35. The van der Waals surface area contributed by atoms with Crippen molar-refractivity contribution < 1.29 is 19.1 Å². The van der Waals surface area contributed by atoms with Crippen molar-refractivity contribution in [1.82, 2.24) is 0 Å². The third-order valence-electron chi connectivity index (χ3n) is 2.93. The number of ether oxygens (including phenoxy) is 2. The zero-order valence-electron chi connectivity index (χ0n) is 12.6. The Labute approximate surface area is 178 Å². The molecular formula is C16H8Cl6O4. The zero-order chi connectivity index (χ0) is 19.4. The van der Waals surface area contributed by atoms with E-state index in [0.717, 1.165) is 0 Å². The fourth-order valence-electron chi connectivity index (χ4n) is 1.72. The number of carbonyl (C=O) groups is 2. The van der Waals surface area contributed by atoms with Crippen LogP contribution in [0.2, 0.25) is 30.1 Å². The van der Waals surface area contributed by atoms with E-state index in [0.29, 0.717) is 0 Å². The summed E-state index contributed by atoms with van der Waals surface area (Å²) in [7, 11) is 0. The summed E-state index contributed by atoms with van der Waals surface area (Å²) < 4.78 is 10.1. The molecule has 0 aliphatic carbocycles. The molecule has 26 heavy (non-hydrogen) atoms. The Balaban J connectivity index is 1.92. The summed E-state index contributed by atoms with van der Waals surface area (Å²) in [4.78, 5) is 23.7. The Bertz CT molecular complexity index is 797. The van der Waals surface area contributed by atoms with E-state index in [-0.39, 0.29) is 54.5 Å². The molecule has 0 aliphatic rings. The van der Waals surface area contributed by atoms with Gasteiger partial charge in [-0.15, -0.1) is 0 Å². The lowest BCUT2D eigenvalue weighted by Gasteiger charge is -2.09. The quantitative estimate of drug-likeness (QED) is 0.267. The molecule has 0 saturated heterocycles. The van der Waals surface area contributed by atoms with E-state index in [9.17, 15) is 9.59 Å². The number of benzene rings is 2. The molecule has 2 rings (SSSR count). The van der Waals surface area contributed by atoms with Gasteiger partial charge in [0.15, 0.2) is 11.5 Å². The molecule has 138 valence electrons. The fraction of sp³-hybridized carbons (Fsp3) is 0.125. The van der Waals surface area contributed by atoms with Crippen molar-refractivity contribution in [1.29, 1.82) is 0 Å². The molecule has 0 unspecified atom stereocenters. The van der Waals surface area contributed by atoms with Gasteiger partial charge in [-0.3, -0.25) is 9.59 Å². The fourth-order valence-corrected chi connectivity index (χ4v) is 2.87.